The van der Waals surface area contributed by atoms with Crippen LogP contribution in [0, 0.1) is 56.7 Å². The number of hydrogen-bond acceptors (Lipinski definition) is 2. The number of hydrogen-bond donors (Lipinski definition) is 2. The monoisotopic (exact) mass is 456 g/mol. The van der Waals surface area contributed by atoms with Crippen molar-refractivity contribution in [2.45, 2.75) is 112 Å². The van der Waals surface area contributed by atoms with Crippen LogP contribution in [0.15, 0.2) is 11.6 Å². The highest BCUT2D eigenvalue weighted by molar-refractivity contribution is 5.76. The molecule has 2 unspecified atom stereocenters. The van der Waals surface area contributed by atoms with Crippen LogP contribution in [0.1, 0.15) is 106 Å². The number of aliphatic hydroxyl groups excluding tert-OH is 1. The molecule has 0 amide bonds. The van der Waals surface area contributed by atoms with Crippen molar-refractivity contribution in [3.8, 4) is 0 Å². The SMILES string of the molecule is C[C@@H]1CC[C@]2(C(=O)O)CC[C@]3(C)C(=CC[C@@H]4[C@@]5(C)CCC(O)C(C)(C)[C@@H]5CC[C@]43C)C2[C@H]1C. The smallest absolute Gasteiger partial charge is 0.310 e. The van der Waals surface area contributed by atoms with Crippen LogP contribution in [0.2, 0.25) is 0 Å². The zero-order chi connectivity index (χ0) is 24.2. The Bertz CT molecular complexity index is 874. The molecule has 186 valence electrons. The molecule has 5 rings (SSSR count). The van der Waals surface area contributed by atoms with Gasteiger partial charge in [-0.05, 0) is 109 Å². The highest BCUT2D eigenvalue weighted by Crippen LogP contribution is 2.75. The predicted molar refractivity (Wildman–Crippen MR) is 133 cm³/mol. The van der Waals surface area contributed by atoms with Crippen LogP contribution in [0.3, 0.4) is 0 Å². The molecule has 2 N–H and O–H groups in total. The first-order chi connectivity index (χ1) is 15.3. The molecular weight excluding hydrogens is 408 g/mol. The van der Waals surface area contributed by atoms with Gasteiger partial charge in [0.2, 0.25) is 0 Å². The van der Waals surface area contributed by atoms with Crippen molar-refractivity contribution in [2.24, 2.45) is 56.7 Å². The van der Waals surface area contributed by atoms with E-state index in [1.165, 1.54) is 18.4 Å². The number of aliphatic hydroxyl groups is 1. The summed E-state index contributed by atoms with van der Waals surface area (Å²) in [6.45, 7) is 17.0. The Morgan fingerprint density at radius 3 is 2.27 bits per heavy atom. The van der Waals surface area contributed by atoms with Crippen LogP contribution in [-0.2, 0) is 4.79 Å². The third-order valence-corrected chi connectivity index (χ3v) is 13.4. The van der Waals surface area contributed by atoms with Gasteiger partial charge >= 0.3 is 5.97 Å². The van der Waals surface area contributed by atoms with Crippen molar-refractivity contribution in [3.63, 3.8) is 0 Å². The first kappa shape index (κ1) is 23.9. The molecule has 10 atom stereocenters. The minimum Gasteiger partial charge on any atom is -0.481 e. The summed E-state index contributed by atoms with van der Waals surface area (Å²) in [6.07, 6.45) is 11.6. The second-order valence-corrected chi connectivity index (χ2v) is 14.5. The van der Waals surface area contributed by atoms with Gasteiger partial charge in [0.1, 0.15) is 0 Å². The lowest BCUT2D eigenvalue weighted by Gasteiger charge is -2.71. The number of rotatable bonds is 1. The summed E-state index contributed by atoms with van der Waals surface area (Å²) >= 11 is 0. The van der Waals surface area contributed by atoms with E-state index in [0.717, 1.165) is 44.9 Å². The van der Waals surface area contributed by atoms with Gasteiger partial charge in [0, 0.05) is 0 Å². The zero-order valence-corrected chi connectivity index (χ0v) is 22.2. The molecule has 0 aliphatic heterocycles. The van der Waals surface area contributed by atoms with Gasteiger partial charge in [0.15, 0.2) is 0 Å². The fourth-order valence-corrected chi connectivity index (χ4v) is 10.8. The molecule has 0 aromatic carbocycles. The van der Waals surface area contributed by atoms with Crippen LogP contribution in [0.25, 0.3) is 0 Å². The summed E-state index contributed by atoms with van der Waals surface area (Å²) in [5.41, 5.74) is 1.46. The maximum absolute atomic E-state index is 12.8. The molecule has 4 fully saturated rings. The third kappa shape index (κ3) is 2.75. The van der Waals surface area contributed by atoms with Crippen LogP contribution in [0.4, 0.5) is 0 Å². The second kappa shape index (κ2) is 7.11. The number of allylic oxidation sites excluding steroid dienone is 2. The number of carboxylic acid groups (broad SMARTS) is 1. The van der Waals surface area contributed by atoms with Crippen molar-refractivity contribution in [3.05, 3.63) is 11.6 Å². The van der Waals surface area contributed by atoms with E-state index >= 15 is 0 Å². The molecule has 0 heterocycles. The second-order valence-electron chi connectivity index (χ2n) is 14.5. The largest absolute Gasteiger partial charge is 0.481 e. The quantitative estimate of drug-likeness (QED) is 0.414. The van der Waals surface area contributed by atoms with Gasteiger partial charge in [0.05, 0.1) is 11.5 Å². The van der Waals surface area contributed by atoms with Crippen molar-refractivity contribution >= 4 is 5.97 Å². The molecule has 3 nitrogen and oxygen atoms in total. The van der Waals surface area contributed by atoms with Gasteiger partial charge in [-0.25, -0.2) is 0 Å². The fraction of sp³-hybridized carbons (Fsp3) is 0.900. The highest BCUT2D eigenvalue weighted by atomic mass is 16.4. The number of carboxylic acids is 1. The maximum atomic E-state index is 12.8. The highest BCUT2D eigenvalue weighted by Gasteiger charge is 2.69. The lowest BCUT2D eigenvalue weighted by molar-refractivity contribution is -0.206. The number of aliphatic carboxylic acids is 1. The molecule has 0 bridgehead atoms. The van der Waals surface area contributed by atoms with Gasteiger partial charge in [-0.2, -0.15) is 0 Å². The average molecular weight is 457 g/mol. The van der Waals surface area contributed by atoms with E-state index in [9.17, 15) is 15.0 Å². The number of fused-ring (bicyclic) bond motifs is 7. The molecule has 0 aromatic heterocycles. The molecule has 0 aromatic rings. The summed E-state index contributed by atoms with van der Waals surface area (Å²) in [5.74, 6) is 1.82. The minimum atomic E-state index is -0.557. The summed E-state index contributed by atoms with van der Waals surface area (Å²) in [5, 5.41) is 21.4. The molecule has 0 spiro atoms. The van der Waals surface area contributed by atoms with E-state index in [1.807, 2.05) is 0 Å². The van der Waals surface area contributed by atoms with Crippen molar-refractivity contribution in [1.82, 2.24) is 0 Å². The van der Waals surface area contributed by atoms with E-state index in [1.54, 1.807) is 0 Å². The standard InChI is InChI=1S/C30H48O3/c1-18-10-15-30(25(32)33)17-16-28(6)20(24(30)19(18)2)8-9-22-27(5)13-12-23(31)26(3,4)21(27)11-14-29(22,28)7/h8,18-19,21-24,31H,9-17H2,1-7H3,(H,32,33)/t18-,19+,21+,22-,23?,24?,27+,28-,29-,30+/m1/s1. The Hall–Kier alpha value is -0.830. The topological polar surface area (TPSA) is 57.5 Å². The summed E-state index contributed by atoms with van der Waals surface area (Å²) in [7, 11) is 0. The molecule has 4 saturated carbocycles. The van der Waals surface area contributed by atoms with Crippen LogP contribution in [0.5, 0.6) is 0 Å². The third-order valence-electron chi connectivity index (χ3n) is 13.4. The van der Waals surface area contributed by atoms with Gasteiger partial charge in [-0.15, -0.1) is 0 Å². The van der Waals surface area contributed by atoms with Gasteiger partial charge in [-0.3, -0.25) is 4.79 Å². The fourth-order valence-electron chi connectivity index (χ4n) is 10.8. The van der Waals surface area contributed by atoms with Gasteiger partial charge in [-0.1, -0.05) is 60.1 Å². The Morgan fingerprint density at radius 2 is 1.61 bits per heavy atom. The molecular formula is C30H48O3. The minimum absolute atomic E-state index is 0.0302. The first-order valence-corrected chi connectivity index (χ1v) is 13.9. The summed E-state index contributed by atoms with van der Waals surface area (Å²) in [4.78, 5) is 12.8. The Balaban J connectivity index is 1.61. The van der Waals surface area contributed by atoms with Crippen molar-refractivity contribution in [2.75, 3.05) is 0 Å². The van der Waals surface area contributed by atoms with Gasteiger partial charge in [0.25, 0.3) is 0 Å². The summed E-state index contributed by atoms with van der Waals surface area (Å²) < 4.78 is 0. The normalized spacial score (nSPS) is 55.3. The lowest BCUT2D eigenvalue weighted by Crippen LogP contribution is -2.65. The Labute approximate surface area is 201 Å². The summed E-state index contributed by atoms with van der Waals surface area (Å²) in [6, 6.07) is 0. The van der Waals surface area contributed by atoms with Gasteiger partial charge < -0.3 is 10.2 Å². The van der Waals surface area contributed by atoms with Crippen LogP contribution >= 0.6 is 0 Å². The molecule has 0 saturated heterocycles. The van der Waals surface area contributed by atoms with E-state index < -0.39 is 11.4 Å². The maximum Gasteiger partial charge on any atom is 0.310 e. The van der Waals surface area contributed by atoms with E-state index in [0.29, 0.717) is 23.7 Å². The molecule has 5 aliphatic rings. The molecule has 3 heteroatoms. The van der Waals surface area contributed by atoms with Crippen LogP contribution < -0.4 is 0 Å². The average Bonchev–Trinajstić information content (AvgIpc) is 2.74. The van der Waals surface area contributed by atoms with Crippen molar-refractivity contribution in [1.29, 1.82) is 0 Å². The molecule has 5 aliphatic carbocycles. The zero-order valence-electron chi connectivity index (χ0n) is 22.2. The van der Waals surface area contributed by atoms with E-state index in [4.69, 9.17) is 0 Å². The lowest BCUT2D eigenvalue weighted by atomic mass is 9.33. The van der Waals surface area contributed by atoms with E-state index in [2.05, 4.69) is 54.5 Å². The van der Waals surface area contributed by atoms with Crippen LogP contribution in [-0.4, -0.2) is 22.3 Å². The van der Waals surface area contributed by atoms with Crippen molar-refractivity contribution < 1.29 is 15.0 Å². The molecule has 33 heavy (non-hydrogen) atoms. The predicted octanol–water partition coefficient (Wildman–Crippen LogP) is 7.09. The number of carbonyl (C=O) groups is 1. The van der Waals surface area contributed by atoms with E-state index in [-0.39, 0.29) is 33.7 Å². The molecule has 0 radical (unpaired) electrons. The first-order valence-electron chi connectivity index (χ1n) is 13.9. The Morgan fingerprint density at radius 1 is 0.909 bits per heavy atom. The Kier molecular flexibility index (Phi) is 5.15.